The molecule has 0 spiro atoms. The highest BCUT2D eigenvalue weighted by molar-refractivity contribution is 6.74. The zero-order chi connectivity index (χ0) is 12.4. The third-order valence-corrected chi connectivity index (χ3v) is 8.36. The molecule has 1 N–H and O–H groups in total. The molecule has 1 aliphatic rings. The van der Waals surface area contributed by atoms with Gasteiger partial charge in [0.05, 0.1) is 0 Å². The lowest BCUT2D eigenvalue weighted by molar-refractivity contribution is -0.119. The van der Waals surface area contributed by atoms with Crippen LogP contribution in [0.3, 0.4) is 0 Å². The average Bonchev–Trinajstić information content (AvgIpc) is 2.49. The fraction of sp³-hybridized carbons (Fsp3) is 0.917. The summed E-state index contributed by atoms with van der Waals surface area (Å²) in [6.07, 6.45) is 2.61. The smallest absolute Gasteiger partial charge is 0.220 e. The summed E-state index contributed by atoms with van der Waals surface area (Å²) in [7, 11) is -1.61. The molecule has 1 rings (SSSR count). The molecule has 1 amide bonds. The second-order valence-corrected chi connectivity index (χ2v) is 11.0. The Morgan fingerprint density at radius 2 is 2.06 bits per heavy atom. The number of carbonyl (C=O) groups is 1. The minimum Gasteiger partial charge on any atom is -0.417 e. The van der Waals surface area contributed by atoms with Gasteiger partial charge in [-0.1, -0.05) is 20.8 Å². The normalized spacial score (nSPS) is 22.3. The minimum absolute atomic E-state index is 0.192. The monoisotopic (exact) mass is 243 g/mol. The number of hydrogen-bond acceptors (Lipinski definition) is 2. The van der Waals surface area contributed by atoms with E-state index in [-0.39, 0.29) is 10.9 Å². The molecule has 4 heteroatoms. The molecule has 1 aliphatic heterocycles. The second-order valence-electron chi connectivity index (χ2n) is 6.20. The topological polar surface area (TPSA) is 38.3 Å². The summed E-state index contributed by atoms with van der Waals surface area (Å²) in [4.78, 5) is 11.0. The van der Waals surface area contributed by atoms with Gasteiger partial charge in [-0.3, -0.25) is 4.79 Å². The molecular weight excluding hydrogens is 218 g/mol. The molecule has 0 unspecified atom stereocenters. The maximum absolute atomic E-state index is 11.0. The molecule has 0 aromatic heterocycles. The largest absolute Gasteiger partial charge is 0.417 e. The number of hydrogen-bond donors (Lipinski definition) is 1. The lowest BCUT2D eigenvalue weighted by Crippen LogP contribution is -2.41. The first kappa shape index (κ1) is 13.7. The number of amides is 1. The molecule has 3 nitrogen and oxygen atoms in total. The van der Waals surface area contributed by atoms with E-state index < -0.39 is 8.32 Å². The van der Waals surface area contributed by atoms with E-state index in [0.717, 1.165) is 19.4 Å². The van der Waals surface area contributed by atoms with Crippen molar-refractivity contribution in [3.05, 3.63) is 0 Å². The Kier molecular flexibility index (Phi) is 4.18. The quantitative estimate of drug-likeness (QED) is 0.771. The van der Waals surface area contributed by atoms with Crippen LogP contribution < -0.4 is 5.32 Å². The summed E-state index contributed by atoms with van der Waals surface area (Å²) >= 11 is 0. The van der Waals surface area contributed by atoms with Gasteiger partial charge in [-0.15, -0.1) is 0 Å². The van der Waals surface area contributed by atoms with E-state index in [9.17, 15) is 4.79 Å². The van der Waals surface area contributed by atoms with E-state index in [1.165, 1.54) is 0 Å². The molecule has 1 heterocycles. The van der Waals surface area contributed by atoms with Crippen molar-refractivity contribution in [2.45, 2.75) is 64.2 Å². The Bertz CT molecular complexity index is 258. The van der Waals surface area contributed by atoms with Crippen molar-refractivity contribution in [2.75, 3.05) is 6.61 Å². The zero-order valence-corrected chi connectivity index (χ0v) is 12.2. The molecule has 16 heavy (non-hydrogen) atoms. The van der Waals surface area contributed by atoms with E-state index in [4.69, 9.17) is 4.43 Å². The summed E-state index contributed by atoms with van der Waals surface area (Å²) in [5.74, 6) is 0.192. The zero-order valence-electron chi connectivity index (χ0n) is 11.2. The average molecular weight is 243 g/mol. The van der Waals surface area contributed by atoms with E-state index in [0.29, 0.717) is 12.5 Å². The molecule has 0 radical (unpaired) electrons. The van der Waals surface area contributed by atoms with Crippen molar-refractivity contribution in [2.24, 2.45) is 0 Å². The summed E-state index contributed by atoms with van der Waals surface area (Å²) < 4.78 is 6.08. The van der Waals surface area contributed by atoms with Crippen LogP contribution in [0.4, 0.5) is 0 Å². The fourth-order valence-electron chi connectivity index (χ4n) is 1.57. The highest BCUT2D eigenvalue weighted by Gasteiger charge is 2.37. The van der Waals surface area contributed by atoms with E-state index >= 15 is 0 Å². The van der Waals surface area contributed by atoms with Crippen LogP contribution in [0.2, 0.25) is 18.1 Å². The fourth-order valence-corrected chi connectivity index (χ4v) is 2.63. The summed E-state index contributed by atoms with van der Waals surface area (Å²) in [5.41, 5.74) is 0. The summed E-state index contributed by atoms with van der Waals surface area (Å²) in [5, 5.41) is 3.25. The Hall–Kier alpha value is -0.353. The second kappa shape index (κ2) is 4.88. The predicted octanol–water partition coefficient (Wildman–Crippen LogP) is 2.68. The van der Waals surface area contributed by atoms with Crippen LogP contribution in [-0.4, -0.2) is 26.9 Å². The van der Waals surface area contributed by atoms with Gasteiger partial charge in [-0.25, -0.2) is 0 Å². The molecule has 94 valence electrons. The number of rotatable bonds is 4. The van der Waals surface area contributed by atoms with Crippen LogP contribution in [-0.2, 0) is 9.22 Å². The van der Waals surface area contributed by atoms with Gasteiger partial charge in [0.1, 0.15) is 0 Å². The lowest BCUT2D eigenvalue weighted by Gasteiger charge is -2.36. The minimum atomic E-state index is -1.61. The molecule has 0 bridgehead atoms. The number of carbonyl (C=O) groups excluding carboxylic acids is 1. The van der Waals surface area contributed by atoms with Gasteiger partial charge >= 0.3 is 0 Å². The Morgan fingerprint density at radius 1 is 1.44 bits per heavy atom. The standard InChI is InChI=1S/C12H25NO2Si/c1-12(2,3)16(4,5)15-9-8-10-6-7-11(14)13-10/h10H,6-9H2,1-5H3,(H,13,14)/t10-/m1/s1. The van der Waals surface area contributed by atoms with Crippen molar-refractivity contribution >= 4 is 14.2 Å². The lowest BCUT2D eigenvalue weighted by atomic mass is 10.2. The van der Waals surface area contributed by atoms with Crippen LogP contribution in [0.5, 0.6) is 0 Å². The highest BCUT2D eigenvalue weighted by Crippen LogP contribution is 2.36. The third kappa shape index (κ3) is 3.59. The molecule has 0 saturated carbocycles. The van der Waals surface area contributed by atoms with Crippen LogP contribution in [0.25, 0.3) is 0 Å². The van der Waals surface area contributed by atoms with Gasteiger partial charge < -0.3 is 9.74 Å². The first-order valence-electron chi connectivity index (χ1n) is 6.16. The highest BCUT2D eigenvalue weighted by atomic mass is 28.4. The maximum atomic E-state index is 11.0. The summed E-state index contributed by atoms with van der Waals surface area (Å²) in [6, 6.07) is 0.345. The molecule has 0 aromatic rings. The van der Waals surface area contributed by atoms with E-state index in [2.05, 4.69) is 39.2 Å². The molecule has 1 saturated heterocycles. The van der Waals surface area contributed by atoms with Crippen molar-refractivity contribution in [3.63, 3.8) is 0 Å². The van der Waals surface area contributed by atoms with E-state index in [1.54, 1.807) is 0 Å². The van der Waals surface area contributed by atoms with Crippen LogP contribution >= 0.6 is 0 Å². The Morgan fingerprint density at radius 3 is 2.50 bits per heavy atom. The van der Waals surface area contributed by atoms with Gasteiger partial charge in [-0.2, -0.15) is 0 Å². The van der Waals surface area contributed by atoms with Gasteiger partial charge in [0.25, 0.3) is 0 Å². The molecule has 0 aliphatic carbocycles. The molecule has 1 atom stereocenters. The first-order valence-corrected chi connectivity index (χ1v) is 9.06. The molecule has 1 fully saturated rings. The van der Waals surface area contributed by atoms with Crippen LogP contribution in [0.15, 0.2) is 0 Å². The van der Waals surface area contributed by atoms with Crippen LogP contribution in [0.1, 0.15) is 40.0 Å². The SMILES string of the molecule is CC(C)(C)[Si](C)(C)OCC[C@H]1CCC(=O)N1. The van der Waals surface area contributed by atoms with Crippen molar-refractivity contribution in [1.82, 2.24) is 5.32 Å². The van der Waals surface area contributed by atoms with Gasteiger partial charge in [-0.05, 0) is 31.0 Å². The molecular formula is C12H25NO2Si. The third-order valence-electron chi connectivity index (χ3n) is 3.82. The van der Waals surface area contributed by atoms with Gasteiger partial charge in [0, 0.05) is 19.1 Å². The van der Waals surface area contributed by atoms with Crippen molar-refractivity contribution in [1.29, 1.82) is 0 Å². The van der Waals surface area contributed by atoms with Gasteiger partial charge in [0.15, 0.2) is 8.32 Å². The first-order chi connectivity index (χ1) is 7.22. The Labute approximate surface area is 100 Å². The van der Waals surface area contributed by atoms with Crippen molar-refractivity contribution in [3.8, 4) is 0 Å². The van der Waals surface area contributed by atoms with Gasteiger partial charge in [0.2, 0.25) is 5.91 Å². The van der Waals surface area contributed by atoms with E-state index in [1.807, 2.05) is 0 Å². The molecule has 0 aromatic carbocycles. The number of nitrogens with one attached hydrogen (secondary N) is 1. The predicted molar refractivity (Wildman–Crippen MR) is 68.9 cm³/mol. The Balaban J connectivity index is 2.27. The maximum Gasteiger partial charge on any atom is 0.220 e. The van der Waals surface area contributed by atoms with Crippen LogP contribution in [0, 0.1) is 0 Å². The van der Waals surface area contributed by atoms with Crippen molar-refractivity contribution < 1.29 is 9.22 Å². The summed E-state index contributed by atoms with van der Waals surface area (Å²) in [6.45, 7) is 12.0.